The lowest BCUT2D eigenvalue weighted by atomic mass is 10.1. The van der Waals surface area contributed by atoms with E-state index < -0.39 is 11.8 Å². The first kappa shape index (κ1) is 19.6. The summed E-state index contributed by atoms with van der Waals surface area (Å²) in [6.45, 7) is 0.856. The van der Waals surface area contributed by atoms with Crippen molar-refractivity contribution in [1.82, 2.24) is 10.6 Å². The first-order valence-electron chi connectivity index (χ1n) is 7.98. The van der Waals surface area contributed by atoms with Crippen molar-refractivity contribution in [3.05, 3.63) is 12.2 Å². The highest BCUT2D eigenvalue weighted by Crippen LogP contribution is 2.06. The Kier molecular flexibility index (Phi) is 14.1. The normalized spacial score (nSPS) is 10.8. The largest absolute Gasteiger partial charge is 0.396 e. The van der Waals surface area contributed by atoms with Gasteiger partial charge in [0.1, 0.15) is 0 Å². The van der Waals surface area contributed by atoms with Crippen LogP contribution in [0.25, 0.3) is 0 Å². The third-order valence-electron chi connectivity index (χ3n) is 3.21. The van der Waals surface area contributed by atoms with Crippen molar-refractivity contribution in [3.63, 3.8) is 0 Å². The van der Waals surface area contributed by atoms with Crippen LogP contribution in [0.3, 0.4) is 0 Å². The van der Waals surface area contributed by atoms with Gasteiger partial charge in [0.2, 0.25) is 0 Å². The summed E-state index contributed by atoms with van der Waals surface area (Å²) in [6, 6.07) is 0. The van der Waals surface area contributed by atoms with Crippen LogP contribution in [0.1, 0.15) is 57.8 Å². The van der Waals surface area contributed by atoms with Gasteiger partial charge in [-0.15, -0.1) is 0 Å². The Balaban J connectivity index is 3.26. The van der Waals surface area contributed by atoms with Crippen LogP contribution in [0.2, 0.25) is 0 Å². The second-order valence-corrected chi connectivity index (χ2v) is 5.08. The molecule has 0 spiro atoms. The van der Waals surface area contributed by atoms with Gasteiger partial charge in [-0.25, -0.2) is 0 Å². The minimum absolute atomic E-state index is 0.309. The van der Waals surface area contributed by atoms with Crippen molar-refractivity contribution in [2.75, 3.05) is 20.2 Å². The Morgan fingerprint density at radius 1 is 0.857 bits per heavy atom. The van der Waals surface area contributed by atoms with Crippen LogP contribution in [0.5, 0.6) is 0 Å². The van der Waals surface area contributed by atoms with Crippen molar-refractivity contribution in [2.24, 2.45) is 0 Å². The minimum Gasteiger partial charge on any atom is -0.396 e. The number of amides is 2. The Bertz CT molecular complexity index is 304. The van der Waals surface area contributed by atoms with Gasteiger partial charge in [-0.1, -0.05) is 31.4 Å². The summed E-state index contributed by atoms with van der Waals surface area (Å²) in [6.07, 6.45) is 14.1. The smallest absolute Gasteiger partial charge is 0.309 e. The van der Waals surface area contributed by atoms with Crippen molar-refractivity contribution >= 4 is 11.8 Å². The van der Waals surface area contributed by atoms with E-state index in [4.69, 9.17) is 5.11 Å². The third-order valence-corrected chi connectivity index (χ3v) is 3.21. The molecule has 5 nitrogen and oxygen atoms in total. The second-order valence-electron chi connectivity index (χ2n) is 5.08. The fourth-order valence-corrected chi connectivity index (χ4v) is 1.92. The molecule has 0 saturated carbocycles. The summed E-state index contributed by atoms with van der Waals surface area (Å²) in [5, 5.41) is 13.5. The van der Waals surface area contributed by atoms with Crippen molar-refractivity contribution in [1.29, 1.82) is 0 Å². The molecule has 0 aromatic carbocycles. The number of unbranched alkanes of at least 4 members (excludes halogenated alkanes) is 7. The summed E-state index contributed by atoms with van der Waals surface area (Å²) in [5.41, 5.74) is 0. The van der Waals surface area contributed by atoms with E-state index in [0.717, 1.165) is 38.5 Å². The number of likely N-dealkylation sites (N-methyl/N-ethyl adjacent to an activating group) is 1. The fourth-order valence-electron chi connectivity index (χ4n) is 1.92. The van der Waals surface area contributed by atoms with Gasteiger partial charge in [-0.05, 0) is 38.5 Å². The molecule has 0 fully saturated rings. The van der Waals surface area contributed by atoms with E-state index in [9.17, 15) is 9.59 Å². The molecule has 0 aromatic heterocycles. The summed E-state index contributed by atoms with van der Waals surface area (Å²) in [4.78, 5) is 22.0. The van der Waals surface area contributed by atoms with Crippen LogP contribution in [-0.2, 0) is 9.59 Å². The average Bonchev–Trinajstić information content (AvgIpc) is 2.50. The Hall–Kier alpha value is -1.36. The average molecular weight is 298 g/mol. The molecule has 0 aliphatic heterocycles. The standard InChI is InChI=1S/C16H30N2O3/c1-17-15(20)16(21)18-13-11-9-7-5-3-2-4-6-8-10-12-14-19/h3,5,19H,2,4,6-14H2,1H3,(H,17,20)(H,18,21)/b5-3-. The summed E-state index contributed by atoms with van der Waals surface area (Å²) in [5.74, 6) is -1.15. The van der Waals surface area contributed by atoms with Crippen molar-refractivity contribution in [2.45, 2.75) is 57.8 Å². The lowest BCUT2D eigenvalue weighted by molar-refractivity contribution is -0.138. The Morgan fingerprint density at radius 3 is 2.05 bits per heavy atom. The lowest BCUT2D eigenvalue weighted by Gasteiger charge is -2.02. The van der Waals surface area contributed by atoms with E-state index in [1.165, 1.54) is 26.3 Å². The van der Waals surface area contributed by atoms with Gasteiger partial charge in [0.05, 0.1) is 0 Å². The monoisotopic (exact) mass is 298 g/mol. The molecule has 0 aliphatic carbocycles. The van der Waals surface area contributed by atoms with Gasteiger partial charge < -0.3 is 15.7 Å². The summed E-state index contributed by atoms with van der Waals surface area (Å²) >= 11 is 0. The number of hydrogen-bond donors (Lipinski definition) is 3. The van der Waals surface area contributed by atoms with Gasteiger partial charge in [-0.2, -0.15) is 0 Å². The molecule has 0 rings (SSSR count). The van der Waals surface area contributed by atoms with E-state index >= 15 is 0 Å². The van der Waals surface area contributed by atoms with Gasteiger partial charge in [0.25, 0.3) is 0 Å². The van der Waals surface area contributed by atoms with Crippen LogP contribution in [0.4, 0.5) is 0 Å². The maximum absolute atomic E-state index is 11.1. The van der Waals surface area contributed by atoms with E-state index in [-0.39, 0.29) is 0 Å². The van der Waals surface area contributed by atoms with Gasteiger partial charge in [0.15, 0.2) is 0 Å². The lowest BCUT2D eigenvalue weighted by Crippen LogP contribution is -2.38. The van der Waals surface area contributed by atoms with E-state index in [2.05, 4.69) is 22.8 Å². The molecule has 0 heterocycles. The zero-order valence-corrected chi connectivity index (χ0v) is 13.2. The fraction of sp³-hybridized carbons (Fsp3) is 0.750. The molecule has 0 unspecified atom stereocenters. The molecular formula is C16H30N2O3. The predicted molar refractivity (Wildman–Crippen MR) is 84.9 cm³/mol. The first-order valence-corrected chi connectivity index (χ1v) is 7.98. The molecule has 0 radical (unpaired) electrons. The third kappa shape index (κ3) is 13.4. The quantitative estimate of drug-likeness (QED) is 0.292. The van der Waals surface area contributed by atoms with Crippen LogP contribution in [0, 0.1) is 0 Å². The molecule has 21 heavy (non-hydrogen) atoms. The van der Waals surface area contributed by atoms with E-state index in [1.54, 1.807) is 0 Å². The Labute approximate surface area is 128 Å². The van der Waals surface area contributed by atoms with Gasteiger partial charge >= 0.3 is 11.8 Å². The highest BCUT2D eigenvalue weighted by molar-refractivity contribution is 6.34. The number of allylic oxidation sites excluding steroid dienone is 2. The maximum atomic E-state index is 11.1. The molecular weight excluding hydrogens is 268 g/mol. The highest BCUT2D eigenvalue weighted by Gasteiger charge is 2.08. The highest BCUT2D eigenvalue weighted by atomic mass is 16.3. The molecule has 0 saturated heterocycles. The summed E-state index contributed by atoms with van der Waals surface area (Å²) < 4.78 is 0. The number of aliphatic hydroxyl groups is 1. The second kappa shape index (κ2) is 15.0. The number of rotatable bonds is 12. The van der Waals surface area contributed by atoms with Gasteiger partial charge in [0, 0.05) is 20.2 Å². The van der Waals surface area contributed by atoms with E-state index in [0.29, 0.717) is 13.2 Å². The zero-order chi connectivity index (χ0) is 15.8. The predicted octanol–water partition coefficient (Wildman–Crippen LogP) is 1.91. The topological polar surface area (TPSA) is 78.4 Å². The molecule has 3 N–H and O–H groups in total. The number of carbonyl (C=O) groups is 2. The van der Waals surface area contributed by atoms with Gasteiger partial charge in [-0.3, -0.25) is 9.59 Å². The van der Waals surface area contributed by atoms with Crippen LogP contribution in [-0.4, -0.2) is 37.1 Å². The van der Waals surface area contributed by atoms with Crippen molar-refractivity contribution in [3.8, 4) is 0 Å². The SMILES string of the molecule is CNC(=O)C(=O)NCCCC/C=C\CCCCCCCO. The number of carbonyl (C=O) groups excluding carboxylic acids is 2. The van der Waals surface area contributed by atoms with Crippen molar-refractivity contribution < 1.29 is 14.7 Å². The number of hydrogen-bond acceptors (Lipinski definition) is 3. The molecule has 5 heteroatoms. The molecule has 0 aromatic rings. The number of aliphatic hydroxyl groups excluding tert-OH is 1. The summed E-state index contributed by atoms with van der Waals surface area (Å²) in [7, 11) is 1.44. The van der Waals surface area contributed by atoms with Crippen LogP contribution in [0.15, 0.2) is 12.2 Å². The van der Waals surface area contributed by atoms with Crippen LogP contribution < -0.4 is 10.6 Å². The number of nitrogens with one attached hydrogen (secondary N) is 2. The maximum Gasteiger partial charge on any atom is 0.309 e. The van der Waals surface area contributed by atoms with E-state index in [1.807, 2.05) is 0 Å². The minimum atomic E-state index is -0.589. The van der Waals surface area contributed by atoms with Crippen LogP contribution >= 0.6 is 0 Å². The molecule has 0 aliphatic rings. The zero-order valence-electron chi connectivity index (χ0n) is 13.2. The molecule has 0 bridgehead atoms. The molecule has 122 valence electrons. The Morgan fingerprint density at radius 2 is 1.43 bits per heavy atom. The molecule has 0 atom stereocenters. The molecule has 2 amide bonds. The first-order chi connectivity index (χ1) is 10.2.